The number of hydrogen-bond donors (Lipinski definition) is 1. The number of aryl methyl sites for hydroxylation is 1. The minimum atomic E-state index is -0.183. The van der Waals surface area contributed by atoms with Gasteiger partial charge in [-0.05, 0) is 61.0 Å². The van der Waals surface area contributed by atoms with Gasteiger partial charge in [-0.1, -0.05) is 24.6 Å². The summed E-state index contributed by atoms with van der Waals surface area (Å²) < 4.78 is 13.4. The van der Waals surface area contributed by atoms with E-state index in [0.717, 1.165) is 40.4 Å². The lowest BCUT2D eigenvalue weighted by Gasteiger charge is -2.19. The summed E-state index contributed by atoms with van der Waals surface area (Å²) in [7, 11) is 0. The Morgan fingerprint density at radius 3 is 2.80 bits per heavy atom. The molecule has 1 heterocycles. The fourth-order valence-corrected chi connectivity index (χ4v) is 3.48. The molecule has 0 amide bonds. The Morgan fingerprint density at radius 1 is 1.35 bits per heavy atom. The number of benzene rings is 1. The van der Waals surface area contributed by atoms with Gasteiger partial charge in [-0.3, -0.25) is 0 Å². The fourth-order valence-electron chi connectivity index (χ4n) is 2.21. The van der Waals surface area contributed by atoms with Crippen molar-refractivity contribution < 1.29 is 4.39 Å². The highest BCUT2D eigenvalue weighted by Gasteiger charge is 2.17. The molecule has 0 aliphatic rings. The van der Waals surface area contributed by atoms with Crippen LogP contribution < -0.4 is 5.32 Å². The topological polar surface area (TPSA) is 12.0 Å². The van der Waals surface area contributed by atoms with Crippen molar-refractivity contribution in [1.29, 1.82) is 0 Å². The van der Waals surface area contributed by atoms with Crippen molar-refractivity contribution in [2.75, 3.05) is 6.54 Å². The second kappa shape index (κ2) is 7.21. The molecule has 4 heteroatoms. The summed E-state index contributed by atoms with van der Waals surface area (Å²) in [6, 6.07) is 7.02. The van der Waals surface area contributed by atoms with E-state index in [1.807, 2.05) is 24.4 Å². The predicted molar refractivity (Wildman–Crippen MR) is 85.2 cm³/mol. The van der Waals surface area contributed by atoms with Crippen molar-refractivity contribution in [1.82, 2.24) is 5.32 Å². The molecule has 0 saturated carbocycles. The van der Waals surface area contributed by atoms with Gasteiger partial charge in [0.15, 0.2) is 0 Å². The van der Waals surface area contributed by atoms with Crippen molar-refractivity contribution in [3.63, 3.8) is 0 Å². The van der Waals surface area contributed by atoms with Crippen LogP contribution in [0.4, 0.5) is 4.39 Å². The van der Waals surface area contributed by atoms with Crippen molar-refractivity contribution in [2.45, 2.75) is 32.7 Å². The van der Waals surface area contributed by atoms with Crippen LogP contribution in [0, 0.1) is 12.7 Å². The summed E-state index contributed by atoms with van der Waals surface area (Å²) in [6.07, 6.45) is 1.81. The lowest BCUT2D eigenvalue weighted by molar-refractivity contribution is 0.533. The molecule has 1 atom stereocenters. The lowest BCUT2D eigenvalue weighted by atomic mass is 10.00. The largest absolute Gasteiger partial charge is 0.309 e. The van der Waals surface area contributed by atoms with Gasteiger partial charge in [0.1, 0.15) is 5.82 Å². The van der Waals surface area contributed by atoms with Gasteiger partial charge >= 0.3 is 0 Å². The average molecular weight is 312 g/mol. The molecule has 2 rings (SSSR count). The molecule has 1 unspecified atom stereocenters. The molecule has 0 spiro atoms. The molecule has 0 aliphatic carbocycles. The molecule has 0 fully saturated rings. The number of thiophene rings is 1. The quantitative estimate of drug-likeness (QED) is 0.779. The van der Waals surface area contributed by atoms with Gasteiger partial charge in [-0.25, -0.2) is 4.39 Å². The molecule has 0 radical (unpaired) electrons. The molecule has 20 heavy (non-hydrogen) atoms. The Kier molecular flexibility index (Phi) is 5.58. The Morgan fingerprint density at radius 2 is 2.15 bits per heavy atom. The zero-order valence-corrected chi connectivity index (χ0v) is 13.3. The van der Waals surface area contributed by atoms with Crippen LogP contribution in [-0.4, -0.2) is 6.54 Å². The third kappa shape index (κ3) is 3.81. The maximum absolute atomic E-state index is 13.4. The first kappa shape index (κ1) is 15.5. The van der Waals surface area contributed by atoms with Gasteiger partial charge in [-0.15, -0.1) is 11.3 Å². The first-order chi connectivity index (χ1) is 9.61. The number of halogens is 2. The average Bonchev–Trinajstić information content (AvgIpc) is 2.84. The number of hydrogen-bond acceptors (Lipinski definition) is 2. The monoisotopic (exact) mass is 311 g/mol. The highest BCUT2D eigenvalue weighted by atomic mass is 35.5. The normalized spacial score (nSPS) is 12.6. The highest BCUT2D eigenvalue weighted by Crippen LogP contribution is 2.31. The van der Waals surface area contributed by atoms with Gasteiger partial charge < -0.3 is 5.32 Å². The third-order valence-corrected chi connectivity index (χ3v) is 4.81. The van der Waals surface area contributed by atoms with E-state index in [4.69, 9.17) is 11.6 Å². The van der Waals surface area contributed by atoms with Gasteiger partial charge in [0.05, 0.1) is 5.02 Å². The Bertz CT molecular complexity index is 567. The van der Waals surface area contributed by atoms with Crippen LogP contribution in [0.15, 0.2) is 29.6 Å². The van der Waals surface area contributed by atoms with Crippen LogP contribution >= 0.6 is 22.9 Å². The second-order valence-corrected chi connectivity index (χ2v) is 6.27. The van der Waals surface area contributed by atoms with E-state index >= 15 is 0 Å². The van der Waals surface area contributed by atoms with Gasteiger partial charge in [-0.2, -0.15) is 0 Å². The van der Waals surface area contributed by atoms with Crippen LogP contribution in [0.2, 0.25) is 5.02 Å². The summed E-state index contributed by atoms with van der Waals surface area (Å²) in [5.74, 6) is -0.183. The Hall–Kier alpha value is -0.900. The third-order valence-electron chi connectivity index (χ3n) is 3.34. The smallest absolute Gasteiger partial charge is 0.123 e. The van der Waals surface area contributed by atoms with Gasteiger partial charge in [0.25, 0.3) is 0 Å². The molecule has 1 N–H and O–H groups in total. The van der Waals surface area contributed by atoms with E-state index in [1.54, 1.807) is 17.4 Å². The molecule has 0 bridgehead atoms. The molecule has 1 nitrogen and oxygen atoms in total. The van der Waals surface area contributed by atoms with E-state index in [-0.39, 0.29) is 11.9 Å². The summed E-state index contributed by atoms with van der Waals surface area (Å²) in [5, 5.41) is 6.30. The molecule has 1 aromatic heterocycles. The van der Waals surface area contributed by atoms with Crippen LogP contribution in [0.3, 0.4) is 0 Å². The molecule has 1 aromatic carbocycles. The van der Waals surface area contributed by atoms with Crippen molar-refractivity contribution in [3.8, 4) is 0 Å². The molecular formula is C16H19ClFNS. The summed E-state index contributed by atoms with van der Waals surface area (Å²) in [4.78, 5) is 1.13. The van der Waals surface area contributed by atoms with E-state index in [0.29, 0.717) is 0 Å². The van der Waals surface area contributed by atoms with E-state index < -0.39 is 0 Å². The SMILES string of the molecule is CCCNC(Cc1cc(F)ccc1C)c1sccc1Cl. The van der Waals surface area contributed by atoms with Crippen LogP contribution in [0.25, 0.3) is 0 Å². The zero-order chi connectivity index (χ0) is 14.5. The first-order valence-electron chi connectivity index (χ1n) is 6.83. The number of nitrogens with one attached hydrogen (secondary N) is 1. The molecule has 0 aliphatic heterocycles. The van der Waals surface area contributed by atoms with E-state index in [2.05, 4.69) is 12.2 Å². The Labute approximate surface area is 128 Å². The van der Waals surface area contributed by atoms with Gasteiger partial charge in [0.2, 0.25) is 0 Å². The second-order valence-electron chi connectivity index (χ2n) is 4.91. The molecule has 108 valence electrons. The fraction of sp³-hybridized carbons (Fsp3) is 0.375. The maximum Gasteiger partial charge on any atom is 0.123 e. The zero-order valence-electron chi connectivity index (χ0n) is 11.7. The molecule has 0 saturated heterocycles. The van der Waals surface area contributed by atoms with Gasteiger partial charge in [0, 0.05) is 10.9 Å². The van der Waals surface area contributed by atoms with E-state index in [9.17, 15) is 4.39 Å². The van der Waals surface area contributed by atoms with Crippen LogP contribution in [-0.2, 0) is 6.42 Å². The summed E-state index contributed by atoms with van der Waals surface area (Å²) in [6.45, 7) is 5.07. The molecule has 2 aromatic rings. The van der Waals surface area contributed by atoms with Crippen molar-refractivity contribution in [2.24, 2.45) is 0 Å². The maximum atomic E-state index is 13.4. The summed E-state index contributed by atoms with van der Waals surface area (Å²) >= 11 is 7.90. The van der Waals surface area contributed by atoms with Crippen molar-refractivity contribution in [3.05, 3.63) is 56.5 Å². The minimum absolute atomic E-state index is 0.142. The first-order valence-corrected chi connectivity index (χ1v) is 8.09. The highest BCUT2D eigenvalue weighted by molar-refractivity contribution is 7.10. The number of rotatable bonds is 6. The molecular weight excluding hydrogens is 293 g/mol. The van der Waals surface area contributed by atoms with Crippen LogP contribution in [0.1, 0.15) is 35.4 Å². The van der Waals surface area contributed by atoms with Crippen molar-refractivity contribution >= 4 is 22.9 Å². The van der Waals surface area contributed by atoms with E-state index in [1.165, 1.54) is 6.07 Å². The predicted octanol–water partition coefficient (Wildman–Crippen LogP) is 5.13. The lowest BCUT2D eigenvalue weighted by Crippen LogP contribution is -2.23. The minimum Gasteiger partial charge on any atom is -0.309 e. The Balaban J connectivity index is 2.23. The summed E-state index contributed by atoms with van der Waals surface area (Å²) in [5.41, 5.74) is 2.14. The van der Waals surface area contributed by atoms with Crippen LogP contribution in [0.5, 0.6) is 0 Å². The standard InChI is InChI=1S/C16H19ClFNS/c1-3-7-19-15(16-14(17)6-8-20-16)10-12-9-13(18)5-4-11(12)2/h4-6,8-9,15,19H,3,7,10H2,1-2H3.